The second-order valence-electron chi connectivity index (χ2n) is 4.00. The van der Waals surface area contributed by atoms with Crippen LogP contribution in [0.15, 0.2) is 11.0 Å². The predicted octanol–water partition coefficient (Wildman–Crippen LogP) is 2.09. The Morgan fingerprint density at radius 3 is 2.63 bits per heavy atom. The summed E-state index contributed by atoms with van der Waals surface area (Å²) in [5.41, 5.74) is 0. The molecule has 2 rings (SSSR count). The van der Waals surface area contributed by atoms with Crippen LogP contribution in [0.1, 0.15) is 0 Å². The van der Waals surface area contributed by atoms with Gasteiger partial charge in [0.25, 0.3) is 0 Å². The van der Waals surface area contributed by atoms with Gasteiger partial charge in [0.15, 0.2) is 0 Å². The molecule has 1 fully saturated rings. The third-order valence-electron chi connectivity index (χ3n) is 2.70. The number of hydrogen-bond donors (Lipinski definition) is 0. The first kappa shape index (κ1) is 15.5. The summed E-state index contributed by atoms with van der Waals surface area (Å²) in [7, 11) is -1.97. The van der Waals surface area contributed by atoms with Crippen molar-refractivity contribution in [3.8, 4) is 0 Å². The minimum Gasteiger partial charge on any atom is -0.382 e. The molecule has 1 aromatic heterocycles. The molecule has 1 aliphatic heterocycles. The fraction of sp³-hybridized carbons (Fsp3) is 0.600. The van der Waals surface area contributed by atoms with E-state index in [1.54, 1.807) is 7.11 Å². The maximum Gasteiger partial charge on any atom is 0.245 e. The van der Waals surface area contributed by atoms with Gasteiger partial charge in [-0.25, -0.2) is 8.42 Å². The molecule has 0 N–H and O–H groups in total. The van der Waals surface area contributed by atoms with Crippen molar-refractivity contribution >= 4 is 44.6 Å². The van der Waals surface area contributed by atoms with E-state index in [-0.39, 0.29) is 15.3 Å². The van der Waals surface area contributed by atoms with E-state index in [1.807, 2.05) is 0 Å². The molecule has 19 heavy (non-hydrogen) atoms. The highest BCUT2D eigenvalue weighted by molar-refractivity contribution is 7.89. The first-order chi connectivity index (χ1) is 8.95. The van der Waals surface area contributed by atoms with E-state index >= 15 is 0 Å². The van der Waals surface area contributed by atoms with Crippen LogP contribution < -0.4 is 0 Å². The summed E-state index contributed by atoms with van der Waals surface area (Å²) in [6, 6.07) is 1.38. The SMILES string of the molecule is COCCOC1CN(S(=O)(=O)c2cc(Cl)sc2Cl)C1. The Morgan fingerprint density at radius 2 is 2.11 bits per heavy atom. The zero-order valence-corrected chi connectivity index (χ0v) is 13.3. The van der Waals surface area contributed by atoms with Crippen molar-refractivity contribution < 1.29 is 17.9 Å². The van der Waals surface area contributed by atoms with E-state index in [1.165, 1.54) is 10.4 Å². The first-order valence-electron chi connectivity index (χ1n) is 5.50. The molecule has 0 aromatic carbocycles. The summed E-state index contributed by atoms with van der Waals surface area (Å²) in [6.45, 7) is 1.61. The highest BCUT2D eigenvalue weighted by Gasteiger charge is 2.38. The van der Waals surface area contributed by atoms with Gasteiger partial charge in [-0.05, 0) is 6.07 Å². The number of halogens is 2. The Labute approximate surface area is 126 Å². The van der Waals surface area contributed by atoms with Gasteiger partial charge in [-0.1, -0.05) is 23.2 Å². The van der Waals surface area contributed by atoms with Crippen LogP contribution in [0.25, 0.3) is 0 Å². The third kappa shape index (κ3) is 3.41. The summed E-state index contributed by atoms with van der Waals surface area (Å²) in [5, 5.41) is 0. The molecule has 5 nitrogen and oxygen atoms in total. The quantitative estimate of drug-likeness (QED) is 0.740. The standard InChI is InChI=1S/C10H13Cl2NO4S2/c1-16-2-3-17-7-5-13(6-7)19(14,15)8-4-9(11)18-10(8)12/h4,7H,2-3,5-6H2,1H3. The number of ether oxygens (including phenoxy) is 2. The predicted molar refractivity (Wildman–Crippen MR) is 74.7 cm³/mol. The van der Waals surface area contributed by atoms with Crippen LogP contribution in [0.2, 0.25) is 8.67 Å². The molecule has 0 spiro atoms. The largest absolute Gasteiger partial charge is 0.382 e. The lowest BCUT2D eigenvalue weighted by molar-refractivity contribution is -0.0379. The van der Waals surface area contributed by atoms with E-state index < -0.39 is 10.0 Å². The summed E-state index contributed by atoms with van der Waals surface area (Å²) in [5.74, 6) is 0. The van der Waals surface area contributed by atoms with Gasteiger partial charge in [0.2, 0.25) is 10.0 Å². The van der Waals surface area contributed by atoms with E-state index in [9.17, 15) is 8.42 Å². The summed E-state index contributed by atoms with van der Waals surface area (Å²) >= 11 is 12.7. The number of nitrogens with zero attached hydrogens (tertiary/aromatic N) is 1. The molecule has 0 radical (unpaired) electrons. The maximum atomic E-state index is 12.2. The van der Waals surface area contributed by atoms with Crippen LogP contribution in [-0.2, 0) is 19.5 Å². The average molecular weight is 346 g/mol. The molecule has 0 bridgehead atoms. The van der Waals surface area contributed by atoms with Crippen LogP contribution in [0.4, 0.5) is 0 Å². The monoisotopic (exact) mass is 345 g/mol. The van der Waals surface area contributed by atoms with Crippen LogP contribution >= 0.6 is 34.5 Å². The minimum absolute atomic E-state index is 0.0690. The zero-order valence-electron chi connectivity index (χ0n) is 10.1. The van der Waals surface area contributed by atoms with Gasteiger partial charge >= 0.3 is 0 Å². The van der Waals surface area contributed by atoms with Crippen molar-refractivity contribution in [3.05, 3.63) is 14.7 Å². The molecule has 108 valence electrons. The van der Waals surface area contributed by atoms with Gasteiger partial charge in [-0.15, -0.1) is 11.3 Å². The van der Waals surface area contributed by atoms with Gasteiger partial charge < -0.3 is 9.47 Å². The molecule has 2 heterocycles. The maximum absolute atomic E-state index is 12.2. The van der Waals surface area contributed by atoms with E-state index in [0.29, 0.717) is 30.6 Å². The Balaban J connectivity index is 1.95. The normalized spacial score (nSPS) is 17.6. The van der Waals surface area contributed by atoms with E-state index in [4.69, 9.17) is 32.7 Å². The van der Waals surface area contributed by atoms with Crippen molar-refractivity contribution in [1.29, 1.82) is 0 Å². The Hall–Kier alpha value is 0.110. The Morgan fingerprint density at radius 1 is 1.42 bits per heavy atom. The fourth-order valence-electron chi connectivity index (χ4n) is 1.64. The number of rotatable bonds is 6. The third-order valence-corrected chi connectivity index (χ3v) is 6.28. The van der Waals surface area contributed by atoms with Crippen molar-refractivity contribution in [2.75, 3.05) is 33.4 Å². The van der Waals surface area contributed by atoms with Gasteiger partial charge in [0.05, 0.1) is 23.7 Å². The van der Waals surface area contributed by atoms with Crippen molar-refractivity contribution in [2.24, 2.45) is 0 Å². The van der Waals surface area contributed by atoms with Gasteiger partial charge in [0.1, 0.15) is 9.23 Å². The average Bonchev–Trinajstić information content (AvgIpc) is 2.61. The minimum atomic E-state index is -3.56. The van der Waals surface area contributed by atoms with Gasteiger partial charge in [0, 0.05) is 20.2 Å². The summed E-state index contributed by atoms with van der Waals surface area (Å²) in [4.78, 5) is 0.0690. The second kappa shape index (κ2) is 6.26. The molecule has 0 saturated carbocycles. The van der Waals surface area contributed by atoms with Crippen LogP contribution in [0.5, 0.6) is 0 Å². The smallest absolute Gasteiger partial charge is 0.245 e. The van der Waals surface area contributed by atoms with Gasteiger partial charge in [-0.3, -0.25) is 0 Å². The lowest BCUT2D eigenvalue weighted by atomic mass is 10.2. The molecule has 0 unspecified atom stereocenters. The van der Waals surface area contributed by atoms with Crippen LogP contribution in [-0.4, -0.2) is 52.2 Å². The summed E-state index contributed by atoms with van der Waals surface area (Å²) < 4.78 is 36.6. The van der Waals surface area contributed by atoms with Crippen molar-refractivity contribution in [2.45, 2.75) is 11.0 Å². The fourth-order valence-corrected chi connectivity index (χ4v) is 5.26. The lowest BCUT2D eigenvalue weighted by Crippen LogP contribution is -2.54. The molecule has 0 aliphatic carbocycles. The zero-order chi connectivity index (χ0) is 14.0. The molecular formula is C10H13Cl2NO4S2. The molecule has 1 aliphatic rings. The van der Waals surface area contributed by atoms with E-state index in [2.05, 4.69) is 0 Å². The molecule has 0 atom stereocenters. The first-order valence-corrected chi connectivity index (χ1v) is 8.52. The Bertz CT molecular complexity index is 540. The van der Waals surface area contributed by atoms with Crippen LogP contribution in [0, 0.1) is 0 Å². The van der Waals surface area contributed by atoms with Crippen molar-refractivity contribution in [1.82, 2.24) is 4.31 Å². The van der Waals surface area contributed by atoms with Crippen molar-refractivity contribution in [3.63, 3.8) is 0 Å². The highest BCUT2D eigenvalue weighted by Crippen LogP contribution is 2.37. The van der Waals surface area contributed by atoms with E-state index in [0.717, 1.165) is 11.3 Å². The summed E-state index contributed by atoms with van der Waals surface area (Å²) in [6.07, 6.45) is -0.0854. The topological polar surface area (TPSA) is 55.8 Å². The number of sulfonamides is 1. The molecule has 1 aromatic rings. The number of thiophene rings is 1. The highest BCUT2D eigenvalue weighted by atomic mass is 35.5. The molecule has 1 saturated heterocycles. The molecule has 9 heteroatoms. The van der Waals surface area contributed by atoms with Gasteiger partial charge in [-0.2, -0.15) is 4.31 Å². The molecule has 0 amide bonds. The Kier molecular flexibility index (Phi) is 5.10. The number of methoxy groups -OCH3 is 1. The second-order valence-corrected chi connectivity index (χ2v) is 8.19. The number of hydrogen-bond acceptors (Lipinski definition) is 5. The van der Waals surface area contributed by atoms with Crippen LogP contribution in [0.3, 0.4) is 0 Å². The molecular weight excluding hydrogens is 333 g/mol. The lowest BCUT2D eigenvalue weighted by Gasteiger charge is -2.37.